The zero-order chi connectivity index (χ0) is 14.1. The highest BCUT2D eigenvalue weighted by molar-refractivity contribution is 9.10. The molecule has 20 heavy (non-hydrogen) atoms. The minimum Gasteiger partial charge on any atom is -0.476 e. The fourth-order valence-electron chi connectivity index (χ4n) is 1.90. The molecule has 7 heteroatoms. The Kier molecular flexibility index (Phi) is 3.11. The van der Waals surface area contributed by atoms with E-state index < -0.39 is 5.97 Å². The van der Waals surface area contributed by atoms with Crippen LogP contribution in [0.4, 0.5) is 0 Å². The standard InChI is InChI=1S/C13H9BrN4O2/c14-9-4-3-5-10(8-9)18-12(17-6-1-2-7-17)11(13(19)20)15-16-18/h1-8H,(H,19,20). The summed E-state index contributed by atoms with van der Waals surface area (Å²) in [7, 11) is 0. The van der Waals surface area contributed by atoms with Crippen molar-refractivity contribution >= 4 is 21.9 Å². The Bertz CT molecular complexity index is 765. The summed E-state index contributed by atoms with van der Waals surface area (Å²) in [5.74, 6) is -0.726. The topological polar surface area (TPSA) is 72.9 Å². The fraction of sp³-hybridized carbons (Fsp3) is 0. The van der Waals surface area contributed by atoms with Gasteiger partial charge in [0.2, 0.25) is 5.69 Å². The summed E-state index contributed by atoms with van der Waals surface area (Å²) >= 11 is 3.38. The van der Waals surface area contributed by atoms with Crippen molar-refractivity contribution in [2.24, 2.45) is 0 Å². The van der Waals surface area contributed by atoms with E-state index in [0.29, 0.717) is 5.82 Å². The van der Waals surface area contributed by atoms with Crippen molar-refractivity contribution in [3.05, 3.63) is 59.0 Å². The molecule has 0 atom stereocenters. The van der Waals surface area contributed by atoms with Crippen LogP contribution in [0.25, 0.3) is 11.5 Å². The molecule has 0 bridgehead atoms. The molecule has 0 unspecified atom stereocenters. The van der Waals surface area contributed by atoms with Gasteiger partial charge in [0.15, 0.2) is 5.82 Å². The van der Waals surface area contributed by atoms with Gasteiger partial charge in [-0.1, -0.05) is 27.2 Å². The number of carboxylic acid groups (broad SMARTS) is 1. The van der Waals surface area contributed by atoms with Crippen LogP contribution in [0, 0.1) is 0 Å². The number of benzene rings is 1. The molecule has 100 valence electrons. The third-order valence-corrected chi connectivity index (χ3v) is 3.24. The van der Waals surface area contributed by atoms with Crippen LogP contribution in [-0.2, 0) is 0 Å². The molecule has 0 spiro atoms. The lowest BCUT2D eigenvalue weighted by Crippen LogP contribution is -2.08. The minimum atomic E-state index is -1.12. The van der Waals surface area contributed by atoms with Crippen LogP contribution in [0.5, 0.6) is 0 Å². The SMILES string of the molecule is O=C(O)c1nnn(-c2cccc(Br)c2)c1-n1cccc1. The molecule has 0 radical (unpaired) electrons. The van der Waals surface area contributed by atoms with E-state index in [0.717, 1.165) is 10.2 Å². The number of aromatic nitrogens is 4. The predicted octanol–water partition coefficient (Wildman–Crippen LogP) is 2.52. The van der Waals surface area contributed by atoms with Crippen molar-refractivity contribution in [3.63, 3.8) is 0 Å². The zero-order valence-electron chi connectivity index (χ0n) is 10.1. The molecule has 3 rings (SSSR count). The molecule has 0 fully saturated rings. The smallest absolute Gasteiger partial charge is 0.360 e. The Labute approximate surface area is 122 Å². The summed E-state index contributed by atoms with van der Waals surface area (Å²) in [5.41, 5.74) is 0.629. The fourth-order valence-corrected chi connectivity index (χ4v) is 2.29. The highest BCUT2D eigenvalue weighted by atomic mass is 79.9. The van der Waals surface area contributed by atoms with Crippen molar-refractivity contribution in [1.29, 1.82) is 0 Å². The zero-order valence-corrected chi connectivity index (χ0v) is 11.7. The molecule has 0 aliphatic rings. The molecule has 0 aliphatic carbocycles. The second kappa shape index (κ2) is 4.93. The molecule has 1 N–H and O–H groups in total. The van der Waals surface area contributed by atoms with E-state index in [2.05, 4.69) is 26.2 Å². The maximum Gasteiger partial charge on any atom is 0.360 e. The number of aromatic carboxylic acids is 1. The number of carbonyl (C=O) groups is 1. The van der Waals surface area contributed by atoms with Gasteiger partial charge in [-0.05, 0) is 30.3 Å². The van der Waals surface area contributed by atoms with Gasteiger partial charge in [0, 0.05) is 16.9 Å². The lowest BCUT2D eigenvalue weighted by molar-refractivity contribution is 0.0690. The number of nitrogens with zero attached hydrogens (tertiary/aromatic N) is 4. The molecule has 0 saturated heterocycles. The van der Waals surface area contributed by atoms with E-state index in [-0.39, 0.29) is 5.69 Å². The summed E-state index contributed by atoms with van der Waals surface area (Å²) in [6.07, 6.45) is 3.50. The lowest BCUT2D eigenvalue weighted by Gasteiger charge is -2.08. The average Bonchev–Trinajstić information content (AvgIpc) is 3.07. The lowest BCUT2D eigenvalue weighted by atomic mass is 10.3. The van der Waals surface area contributed by atoms with Crippen LogP contribution in [0.2, 0.25) is 0 Å². The quantitative estimate of drug-likeness (QED) is 0.799. The number of halogens is 1. The Morgan fingerprint density at radius 2 is 1.95 bits per heavy atom. The largest absolute Gasteiger partial charge is 0.476 e. The number of hydrogen-bond acceptors (Lipinski definition) is 3. The summed E-state index contributed by atoms with van der Waals surface area (Å²) in [6.45, 7) is 0. The first-order valence-corrected chi connectivity index (χ1v) is 6.54. The highest BCUT2D eigenvalue weighted by Crippen LogP contribution is 2.20. The van der Waals surface area contributed by atoms with Crippen LogP contribution >= 0.6 is 15.9 Å². The van der Waals surface area contributed by atoms with Crippen molar-refractivity contribution in [2.45, 2.75) is 0 Å². The molecule has 6 nitrogen and oxygen atoms in total. The molecular weight excluding hydrogens is 324 g/mol. The van der Waals surface area contributed by atoms with Crippen LogP contribution in [0.3, 0.4) is 0 Å². The van der Waals surface area contributed by atoms with Crippen LogP contribution < -0.4 is 0 Å². The van der Waals surface area contributed by atoms with Gasteiger partial charge >= 0.3 is 5.97 Å². The van der Waals surface area contributed by atoms with Crippen LogP contribution in [0.1, 0.15) is 10.5 Å². The normalized spacial score (nSPS) is 10.7. The van der Waals surface area contributed by atoms with E-state index in [9.17, 15) is 9.90 Å². The van der Waals surface area contributed by atoms with Gasteiger partial charge < -0.3 is 9.67 Å². The first-order valence-electron chi connectivity index (χ1n) is 5.75. The summed E-state index contributed by atoms with van der Waals surface area (Å²) in [6, 6.07) is 11.0. The van der Waals surface area contributed by atoms with Gasteiger partial charge in [-0.25, -0.2) is 4.79 Å². The maximum atomic E-state index is 11.3. The van der Waals surface area contributed by atoms with Crippen LogP contribution in [0.15, 0.2) is 53.3 Å². The van der Waals surface area contributed by atoms with Gasteiger partial charge in [0.1, 0.15) is 0 Å². The third kappa shape index (κ3) is 2.12. The second-order valence-electron chi connectivity index (χ2n) is 4.05. The Balaban J connectivity index is 2.24. The number of hydrogen-bond donors (Lipinski definition) is 1. The Morgan fingerprint density at radius 3 is 2.60 bits per heavy atom. The summed E-state index contributed by atoms with van der Waals surface area (Å²) in [5, 5.41) is 16.9. The number of carboxylic acids is 1. The molecule has 1 aromatic carbocycles. The minimum absolute atomic E-state index is 0.0961. The molecule has 0 saturated carbocycles. The first kappa shape index (κ1) is 12.6. The van der Waals surface area contributed by atoms with Crippen molar-refractivity contribution in [3.8, 4) is 11.5 Å². The predicted molar refractivity (Wildman–Crippen MR) is 75.3 cm³/mol. The van der Waals surface area contributed by atoms with E-state index in [1.807, 2.05) is 36.4 Å². The van der Waals surface area contributed by atoms with E-state index >= 15 is 0 Å². The molecule has 2 heterocycles. The molecule has 2 aromatic heterocycles. The van der Waals surface area contributed by atoms with Gasteiger partial charge in [-0.3, -0.25) is 0 Å². The molecule has 3 aromatic rings. The second-order valence-corrected chi connectivity index (χ2v) is 4.96. The van der Waals surface area contributed by atoms with Crippen molar-refractivity contribution in [2.75, 3.05) is 0 Å². The molecular formula is C13H9BrN4O2. The number of rotatable bonds is 3. The third-order valence-electron chi connectivity index (χ3n) is 2.75. The Hall–Kier alpha value is -2.41. The van der Waals surface area contributed by atoms with Gasteiger partial charge in [0.25, 0.3) is 0 Å². The van der Waals surface area contributed by atoms with E-state index in [4.69, 9.17) is 0 Å². The van der Waals surface area contributed by atoms with Crippen molar-refractivity contribution in [1.82, 2.24) is 19.6 Å². The monoisotopic (exact) mass is 332 g/mol. The molecule has 0 aliphatic heterocycles. The Morgan fingerprint density at radius 1 is 1.20 bits per heavy atom. The van der Waals surface area contributed by atoms with Gasteiger partial charge in [-0.2, -0.15) is 4.68 Å². The van der Waals surface area contributed by atoms with Gasteiger partial charge in [-0.15, -0.1) is 5.10 Å². The maximum absolute atomic E-state index is 11.3. The van der Waals surface area contributed by atoms with Crippen LogP contribution in [-0.4, -0.2) is 30.6 Å². The van der Waals surface area contributed by atoms with E-state index in [1.54, 1.807) is 17.0 Å². The van der Waals surface area contributed by atoms with E-state index in [1.165, 1.54) is 4.68 Å². The summed E-state index contributed by atoms with van der Waals surface area (Å²) < 4.78 is 4.04. The van der Waals surface area contributed by atoms with Gasteiger partial charge in [0.05, 0.1) is 5.69 Å². The highest BCUT2D eigenvalue weighted by Gasteiger charge is 2.21. The summed E-state index contributed by atoms with van der Waals surface area (Å²) in [4.78, 5) is 11.3. The first-order chi connectivity index (χ1) is 9.66. The van der Waals surface area contributed by atoms with Crippen molar-refractivity contribution < 1.29 is 9.90 Å². The molecule has 0 amide bonds. The average molecular weight is 333 g/mol.